The van der Waals surface area contributed by atoms with Gasteiger partial charge in [0, 0.05) is 20.0 Å². The Labute approximate surface area is 93.4 Å². The molecule has 0 unspecified atom stereocenters. The molecule has 90 valence electrons. The summed E-state index contributed by atoms with van der Waals surface area (Å²) in [6.45, 7) is 2.41. The van der Waals surface area contributed by atoms with Crippen molar-refractivity contribution in [3.8, 4) is 17.2 Å². The minimum Gasteiger partial charge on any atom is -0.504 e. The van der Waals surface area contributed by atoms with Crippen molar-refractivity contribution in [1.29, 1.82) is 0 Å². The van der Waals surface area contributed by atoms with E-state index in [4.69, 9.17) is 21.7 Å². The SMILES string of the molecule is CC(=O)Oc1cccc(O)c1O.NCCN. The maximum Gasteiger partial charge on any atom is 0.308 e. The topological polar surface area (TPSA) is 119 Å². The highest BCUT2D eigenvalue weighted by atomic mass is 16.5. The first kappa shape index (κ1) is 14.2. The summed E-state index contributed by atoms with van der Waals surface area (Å²) in [6.07, 6.45) is 0. The van der Waals surface area contributed by atoms with Crippen molar-refractivity contribution in [2.45, 2.75) is 6.92 Å². The van der Waals surface area contributed by atoms with Gasteiger partial charge in [-0.3, -0.25) is 4.79 Å². The molecule has 0 aromatic heterocycles. The van der Waals surface area contributed by atoms with Gasteiger partial charge < -0.3 is 26.4 Å². The van der Waals surface area contributed by atoms with Gasteiger partial charge in [0.05, 0.1) is 0 Å². The molecule has 16 heavy (non-hydrogen) atoms. The van der Waals surface area contributed by atoms with Gasteiger partial charge in [-0.05, 0) is 12.1 Å². The zero-order valence-electron chi connectivity index (χ0n) is 9.01. The average Bonchev–Trinajstić information content (AvgIpc) is 2.25. The number of hydrogen-bond acceptors (Lipinski definition) is 6. The summed E-state index contributed by atoms with van der Waals surface area (Å²) in [5, 5.41) is 18.1. The summed E-state index contributed by atoms with van der Waals surface area (Å²) in [6, 6.07) is 4.14. The molecule has 0 saturated heterocycles. The maximum absolute atomic E-state index is 10.5. The summed E-state index contributed by atoms with van der Waals surface area (Å²) in [4.78, 5) is 10.5. The molecule has 0 heterocycles. The molecule has 0 saturated carbocycles. The lowest BCUT2D eigenvalue weighted by Crippen LogP contribution is -2.11. The number of aromatic hydroxyl groups is 2. The van der Waals surface area contributed by atoms with E-state index in [1.165, 1.54) is 25.1 Å². The van der Waals surface area contributed by atoms with Crippen molar-refractivity contribution in [1.82, 2.24) is 0 Å². The molecule has 1 aromatic carbocycles. The summed E-state index contributed by atoms with van der Waals surface area (Å²) < 4.78 is 4.58. The van der Waals surface area contributed by atoms with Crippen LogP contribution in [0.3, 0.4) is 0 Å². The minimum atomic E-state index is -0.545. The Morgan fingerprint density at radius 2 is 1.88 bits per heavy atom. The molecule has 6 N–H and O–H groups in total. The normalized spacial score (nSPS) is 8.94. The van der Waals surface area contributed by atoms with Crippen molar-refractivity contribution >= 4 is 5.97 Å². The Kier molecular flexibility index (Phi) is 6.66. The second kappa shape index (κ2) is 7.49. The van der Waals surface area contributed by atoms with Crippen LogP contribution in [0.2, 0.25) is 0 Å². The van der Waals surface area contributed by atoms with Gasteiger partial charge in [-0.15, -0.1) is 0 Å². The van der Waals surface area contributed by atoms with Gasteiger partial charge in [-0.25, -0.2) is 0 Å². The Morgan fingerprint density at radius 1 is 1.31 bits per heavy atom. The third kappa shape index (κ3) is 5.18. The molecular weight excluding hydrogens is 212 g/mol. The molecular formula is C10H16N2O4. The van der Waals surface area contributed by atoms with Crippen molar-refractivity contribution in [3.63, 3.8) is 0 Å². The lowest BCUT2D eigenvalue weighted by Gasteiger charge is -2.03. The van der Waals surface area contributed by atoms with Crippen LogP contribution in [-0.4, -0.2) is 29.3 Å². The van der Waals surface area contributed by atoms with Crippen molar-refractivity contribution < 1.29 is 19.7 Å². The van der Waals surface area contributed by atoms with Crippen LogP contribution in [0.25, 0.3) is 0 Å². The Balaban J connectivity index is 0.000000487. The molecule has 0 amide bonds. The number of phenols is 2. The zero-order valence-corrected chi connectivity index (χ0v) is 9.01. The molecule has 0 bridgehead atoms. The van der Waals surface area contributed by atoms with E-state index in [1.54, 1.807) is 0 Å². The van der Waals surface area contributed by atoms with Gasteiger partial charge in [-0.1, -0.05) is 6.07 Å². The van der Waals surface area contributed by atoms with Crippen LogP contribution >= 0.6 is 0 Å². The molecule has 1 aromatic rings. The van der Waals surface area contributed by atoms with Crippen LogP contribution in [0.4, 0.5) is 0 Å². The van der Waals surface area contributed by atoms with Crippen molar-refractivity contribution in [2.75, 3.05) is 13.1 Å². The van der Waals surface area contributed by atoms with Crippen LogP contribution < -0.4 is 16.2 Å². The molecule has 0 atom stereocenters. The third-order valence-corrected chi connectivity index (χ3v) is 1.40. The number of benzene rings is 1. The summed E-state index contributed by atoms with van der Waals surface area (Å²) >= 11 is 0. The highest BCUT2D eigenvalue weighted by molar-refractivity contribution is 5.70. The lowest BCUT2D eigenvalue weighted by molar-refractivity contribution is -0.132. The maximum atomic E-state index is 10.5. The second-order valence-electron chi connectivity index (χ2n) is 2.79. The second-order valence-corrected chi connectivity index (χ2v) is 2.79. The zero-order chi connectivity index (χ0) is 12.6. The fourth-order valence-electron chi connectivity index (χ4n) is 0.748. The Morgan fingerprint density at radius 3 is 2.31 bits per heavy atom. The lowest BCUT2D eigenvalue weighted by atomic mass is 10.3. The van der Waals surface area contributed by atoms with Crippen LogP contribution in [-0.2, 0) is 4.79 Å². The van der Waals surface area contributed by atoms with Crippen LogP contribution in [0.1, 0.15) is 6.92 Å². The summed E-state index contributed by atoms with van der Waals surface area (Å²) in [5.74, 6) is -1.32. The highest BCUT2D eigenvalue weighted by Crippen LogP contribution is 2.34. The van der Waals surface area contributed by atoms with Gasteiger partial charge in [0.15, 0.2) is 11.5 Å². The quantitative estimate of drug-likeness (QED) is 0.319. The average molecular weight is 228 g/mol. The number of esters is 1. The molecule has 0 spiro atoms. The first-order valence-corrected chi connectivity index (χ1v) is 4.62. The number of phenolic OH excluding ortho intramolecular Hbond substituents is 2. The number of ether oxygens (including phenoxy) is 1. The largest absolute Gasteiger partial charge is 0.504 e. The standard InChI is InChI=1S/C8H8O4.C2H8N2/c1-5(9)12-7-4-2-3-6(10)8(7)11;3-1-2-4/h2-4,10-11H,1H3;1-4H2. The molecule has 6 nitrogen and oxygen atoms in total. The molecule has 0 aliphatic heterocycles. The number of carbonyl (C=O) groups is 1. The molecule has 0 aliphatic rings. The number of rotatable bonds is 2. The summed E-state index contributed by atoms with van der Waals surface area (Å²) in [7, 11) is 0. The molecule has 0 radical (unpaired) electrons. The number of para-hydroxylation sites is 1. The van der Waals surface area contributed by atoms with Gasteiger partial charge in [0.25, 0.3) is 0 Å². The highest BCUT2D eigenvalue weighted by Gasteiger charge is 2.07. The fraction of sp³-hybridized carbons (Fsp3) is 0.300. The minimum absolute atomic E-state index is 0.0394. The molecule has 6 heteroatoms. The number of hydrogen-bond donors (Lipinski definition) is 4. The van der Waals surface area contributed by atoms with Gasteiger partial charge in [-0.2, -0.15) is 0 Å². The Bertz CT molecular complexity index is 340. The monoisotopic (exact) mass is 228 g/mol. The van der Waals surface area contributed by atoms with Gasteiger partial charge >= 0.3 is 5.97 Å². The third-order valence-electron chi connectivity index (χ3n) is 1.40. The van der Waals surface area contributed by atoms with Crippen LogP contribution in [0, 0.1) is 0 Å². The van der Waals surface area contributed by atoms with Crippen LogP contribution in [0.5, 0.6) is 17.2 Å². The number of nitrogens with two attached hydrogens (primary N) is 2. The Hall–Kier alpha value is -1.79. The molecule has 0 fully saturated rings. The molecule has 0 aliphatic carbocycles. The van der Waals surface area contributed by atoms with E-state index in [2.05, 4.69) is 4.74 Å². The van der Waals surface area contributed by atoms with E-state index >= 15 is 0 Å². The first-order chi connectivity index (χ1) is 7.52. The first-order valence-electron chi connectivity index (χ1n) is 4.62. The van der Waals surface area contributed by atoms with E-state index in [9.17, 15) is 4.79 Å². The van der Waals surface area contributed by atoms with E-state index in [1.807, 2.05) is 0 Å². The van der Waals surface area contributed by atoms with E-state index in [0.29, 0.717) is 13.1 Å². The van der Waals surface area contributed by atoms with Crippen LogP contribution in [0.15, 0.2) is 18.2 Å². The van der Waals surface area contributed by atoms with Gasteiger partial charge in [0.1, 0.15) is 0 Å². The van der Waals surface area contributed by atoms with E-state index < -0.39 is 11.7 Å². The van der Waals surface area contributed by atoms with Crippen molar-refractivity contribution in [2.24, 2.45) is 11.5 Å². The van der Waals surface area contributed by atoms with Crippen molar-refractivity contribution in [3.05, 3.63) is 18.2 Å². The van der Waals surface area contributed by atoms with E-state index in [-0.39, 0.29) is 11.5 Å². The predicted octanol–water partition coefficient (Wildman–Crippen LogP) is -0.0731. The molecule has 1 rings (SSSR count). The smallest absolute Gasteiger partial charge is 0.308 e. The fourth-order valence-corrected chi connectivity index (χ4v) is 0.748. The predicted molar refractivity (Wildman–Crippen MR) is 59.2 cm³/mol. The van der Waals surface area contributed by atoms with E-state index in [0.717, 1.165) is 0 Å². The number of carbonyl (C=O) groups excluding carboxylic acids is 1. The summed E-state index contributed by atoms with van der Waals surface area (Å²) in [5.41, 5.74) is 9.81. The van der Waals surface area contributed by atoms with Gasteiger partial charge in [0.2, 0.25) is 5.75 Å².